The van der Waals surface area contributed by atoms with E-state index in [9.17, 15) is 5.11 Å². The minimum atomic E-state index is 0.183. The van der Waals surface area contributed by atoms with E-state index < -0.39 is 0 Å². The highest BCUT2D eigenvalue weighted by Crippen LogP contribution is 2.39. The molecule has 1 aromatic carbocycles. The summed E-state index contributed by atoms with van der Waals surface area (Å²) in [4.78, 5) is 9.45. The molecule has 9 nitrogen and oxygen atoms in total. The molecule has 3 aliphatic heterocycles. The number of phenolic OH excluding ortho intramolecular Hbond substituents is 1. The van der Waals surface area contributed by atoms with Crippen molar-refractivity contribution >= 4 is 17.2 Å². The number of benzene rings is 1. The van der Waals surface area contributed by atoms with Crippen LogP contribution in [0.15, 0.2) is 48.7 Å². The number of nitrogens with one attached hydrogen (secondary N) is 1. The molecule has 2 atom stereocenters. The Balaban J connectivity index is 1.15. The molecule has 36 heavy (non-hydrogen) atoms. The highest BCUT2D eigenvalue weighted by Gasteiger charge is 2.40. The summed E-state index contributed by atoms with van der Waals surface area (Å²) >= 11 is 0. The number of ether oxygens (including phenoxy) is 1. The van der Waals surface area contributed by atoms with Gasteiger partial charge < -0.3 is 30.7 Å². The number of nitrogens with two attached hydrogens (primary N) is 1. The van der Waals surface area contributed by atoms with Gasteiger partial charge in [-0.15, -0.1) is 10.2 Å². The maximum Gasteiger partial charge on any atom is 0.213 e. The summed E-state index contributed by atoms with van der Waals surface area (Å²) in [5.74, 6) is 1.91. The van der Waals surface area contributed by atoms with E-state index in [0.29, 0.717) is 41.0 Å². The van der Waals surface area contributed by atoms with E-state index in [1.165, 1.54) is 0 Å². The van der Waals surface area contributed by atoms with Crippen molar-refractivity contribution in [1.29, 1.82) is 0 Å². The summed E-state index contributed by atoms with van der Waals surface area (Å²) in [5, 5.41) is 22.1. The Bertz CT molecular complexity index is 1180. The Kier molecular flexibility index (Phi) is 6.23. The summed E-state index contributed by atoms with van der Waals surface area (Å²) in [6.07, 6.45) is 6.53. The molecular weight excluding hydrogens is 454 g/mol. The molecule has 4 N–H and O–H groups in total. The van der Waals surface area contributed by atoms with Gasteiger partial charge in [0.05, 0.1) is 29.9 Å². The van der Waals surface area contributed by atoms with E-state index in [1.807, 2.05) is 30.5 Å². The van der Waals surface area contributed by atoms with Crippen LogP contribution in [0.3, 0.4) is 0 Å². The number of aromatic hydroxyl groups is 1. The number of pyridine rings is 1. The van der Waals surface area contributed by atoms with Crippen LogP contribution in [0.5, 0.6) is 11.6 Å². The predicted molar refractivity (Wildman–Crippen MR) is 140 cm³/mol. The summed E-state index contributed by atoms with van der Waals surface area (Å²) in [5.41, 5.74) is 9.57. The van der Waals surface area contributed by atoms with Crippen molar-refractivity contribution in [2.24, 2.45) is 5.92 Å². The lowest BCUT2D eigenvalue weighted by molar-refractivity contribution is 0.209. The van der Waals surface area contributed by atoms with Gasteiger partial charge >= 0.3 is 0 Å². The quantitative estimate of drug-likeness (QED) is 0.483. The van der Waals surface area contributed by atoms with Crippen molar-refractivity contribution in [1.82, 2.24) is 20.5 Å². The molecule has 5 heterocycles. The topological polar surface area (TPSA) is 113 Å². The summed E-state index contributed by atoms with van der Waals surface area (Å²) in [6.45, 7) is 4.59. The number of hydrogen-bond acceptors (Lipinski definition) is 9. The zero-order valence-corrected chi connectivity index (χ0v) is 20.4. The van der Waals surface area contributed by atoms with Gasteiger partial charge in [-0.1, -0.05) is 12.1 Å². The van der Waals surface area contributed by atoms with Crippen molar-refractivity contribution in [3.8, 4) is 22.9 Å². The molecule has 2 aromatic heterocycles. The standard InChI is InChI=1S/C27H33N7O2/c28-27-24(13-23(31-32-27)22-3-1-2-4-25(22)35)33-15-20-5-6-21(16-33)34(20)19-7-8-26(30-14-19)36-17-18-9-11-29-12-10-18/h1-4,7-8,13-14,18,20-21,29,35H,5-6,9-12,15-17H2,(H2,28,32). The van der Waals surface area contributed by atoms with Crippen LogP contribution >= 0.6 is 0 Å². The lowest BCUT2D eigenvalue weighted by Crippen LogP contribution is -2.54. The third kappa shape index (κ3) is 4.51. The number of nitrogen functional groups attached to an aromatic ring is 1. The molecule has 0 aliphatic carbocycles. The third-order valence-corrected chi connectivity index (χ3v) is 7.75. The van der Waals surface area contributed by atoms with E-state index >= 15 is 0 Å². The molecule has 2 unspecified atom stereocenters. The van der Waals surface area contributed by atoms with Gasteiger partial charge in [-0.25, -0.2) is 4.98 Å². The molecule has 0 saturated carbocycles. The van der Waals surface area contributed by atoms with E-state index in [-0.39, 0.29) is 5.75 Å². The van der Waals surface area contributed by atoms with Crippen LogP contribution in [0.25, 0.3) is 11.3 Å². The second-order valence-corrected chi connectivity index (χ2v) is 10.1. The van der Waals surface area contributed by atoms with Gasteiger partial charge in [-0.3, -0.25) is 0 Å². The van der Waals surface area contributed by atoms with Crippen LogP contribution in [0.1, 0.15) is 25.7 Å². The Labute approximate surface area is 211 Å². The molecule has 0 amide bonds. The minimum Gasteiger partial charge on any atom is -0.507 e. The number of aromatic nitrogens is 3. The minimum absolute atomic E-state index is 0.183. The van der Waals surface area contributed by atoms with Crippen LogP contribution < -0.4 is 25.6 Å². The first-order chi connectivity index (χ1) is 17.7. The van der Waals surface area contributed by atoms with Crippen LogP contribution in [0.2, 0.25) is 0 Å². The molecule has 3 fully saturated rings. The molecule has 3 aromatic rings. The SMILES string of the molecule is Nc1nnc(-c2ccccc2O)cc1N1CC2CCC(C1)N2c1ccc(OCC2CCNCC2)nc1. The molecule has 3 saturated heterocycles. The fourth-order valence-corrected chi connectivity index (χ4v) is 5.85. The number of hydrogen-bond donors (Lipinski definition) is 3. The van der Waals surface area contributed by atoms with E-state index in [4.69, 9.17) is 10.5 Å². The normalized spacial score (nSPS) is 22.1. The number of piperidine rings is 1. The fourth-order valence-electron chi connectivity index (χ4n) is 5.85. The van der Waals surface area contributed by atoms with Gasteiger partial charge in [0, 0.05) is 36.8 Å². The Hall–Kier alpha value is -3.59. The summed E-state index contributed by atoms with van der Waals surface area (Å²) in [7, 11) is 0. The molecule has 3 aliphatic rings. The zero-order chi connectivity index (χ0) is 24.5. The monoisotopic (exact) mass is 487 g/mol. The first kappa shape index (κ1) is 22.8. The van der Waals surface area contributed by atoms with E-state index in [0.717, 1.165) is 69.8 Å². The average Bonchev–Trinajstić information content (AvgIpc) is 3.18. The Morgan fingerprint density at radius 3 is 2.50 bits per heavy atom. The maximum absolute atomic E-state index is 10.3. The van der Waals surface area contributed by atoms with Crippen molar-refractivity contribution in [3.63, 3.8) is 0 Å². The van der Waals surface area contributed by atoms with Gasteiger partial charge in [-0.2, -0.15) is 0 Å². The van der Waals surface area contributed by atoms with Crippen LogP contribution in [0, 0.1) is 5.92 Å². The van der Waals surface area contributed by atoms with Crippen molar-refractivity contribution in [2.75, 3.05) is 48.3 Å². The lowest BCUT2D eigenvalue weighted by atomic mass is 9.99. The molecule has 6 rings (SSSR count). The summed E-state index contributed by atoms with van der Waals surface area (Å²) in [6, 6.07) is 14.0. The first-order valence-corrected chi connectivity index (χ1v) is 12.9. The smallest absolute Gasteiger partial charge is 0.213 e. The number of fused-ring (bicyclic) bond motifs is 2. The number of anilines is 3. The van der Waals surface area contributed by atoms with Crippen LogP contribution in [-0.2, 0) is 0 Å². The Morgan fingerprint density at radius 2 is 1.78 bits per heavy atom. The van der Waals surface area contributed by atoms with Crippen molar-refractivity contribution < 1.29 is 9.84 Å². The zero-order valence-electron chi connectivity index (χ0n) is 20.4. The second-order valence-electron chi connectivity index (χ2n) is 10.1. The number of phenols is 1. The predicted octanol–water partition coefficient (Wildman–Crippen LogP) is 3.06. The number of nitrogens with zero attached hydrogens (tertiary/aromatic N) is 5. The molecule has 0 radical (unpaired) electrons. The highest BCUT2D eigenvalue weighted by atomic mass is 16.5. The molecule has 2 bridgehead atoms. The van der Waals surface area contributed by atoms with Gasteiger partial charge in [-0.05, 0) is 69.0 Å². The van der Waals surface area contributed by atoms with Gasteiger partial charge in [0.25, 0.3) is 0 Å². The Morgan fingerprint density at radius 1 is 1.00 bits per heavy atom. The van der Waals surface area contributed by atoms with Crippen molar-refractivity contribution in [3.05, 3.63) is 48.7 Å². The van der Waals surface area contributed by atoms with E-state index in [1.54, 1.807) is 12.1 Å². The number of piperazine rings is 1. The maximum atomic E-state index is 10.3. The highest BCUT2D eigenvalue weighted by molar-refractivity contribution is 5.74. The fraction of sp³-hybridized carbons (Fsp3) is 0.444. The van der Waals surface area contributed by atoms with Gasteiger partial charge in [0.1, 0.15) is 5.75 Å². The molecule has 9 heteroatoms. The molecule has 0 spiro atoms. The number of rotatable bonds is 6. The third-order valence-electron chi connectivity index (χ3n) is 7.75. The molecular formula is C27H33N7O2. The largest absolute Gasteiger partial charge is 0.507 e. The summed E-state index contributed by atoms with van der Waals surface area (Å²) < 4.78 is 5.99. The average molecular weight is 488 g/mol. The van der Waals surface area contributed by atoms with E-state index in [2.05, 4.69) is 36.4 Å². The van der Waals surface area contributed by atoms with Crippen LogP contribution in [0.4, 0.5) is 17.2 Å². The number of para-hydroxylation sites is 1. The van der Waals surface area contributed by atoms with Gasteiger partial charge in [0.15, 0.2) is 5.82 Å². The first-order valence-electron chi connectivity index (χ1n) is 12.9. The lowest BCUT2D eigenvalue weighted by Gasteiger charge is -2.43. The molecule has 188 valence electrons. The second kappa shape index (κ2) is 9.81. The van der Waals surface area contributed by atoms with Crippen molar-refractivity contribution in [2.45, 2.75) is 37.8 Å². The van der Waals surface area contributed by atoms with Gasteiger partial charge in [0.2, 0.25) is 5.88 Å². The van der Waals surface area contributed by atoms with Crippen LogP contribution in [-0.4, -0.2) is 65.2 Å².